The summed E-state index contributed by atoms with van der Waals surface area (Å²) in [7, 11) is 2.08. The van der Waals surface area contributed by atoms with Gasteiger partial charge in [0.05, 0.1) is 6.07 Å². The number of nitriles is 1. The lowest BCUT2D eigenvalue weighted by Crippen LogP contribution is -2.38. The Morgan fingerprint density at radius 3 is 2.57 bits per heavy atom. The molecule has 0 saturated carbocycles. The molecule has 0 aliphatic carbocycles. The minimum Gasteiger partial charge on any atom is -0.314 e. The molecule has 0 bridgehead atoms. The van der Waals surface area contributed by atoms with Gasteiger partial charge >= 0.3 is 0 Å². The fourth-order valence-corrected chi connectivity index (χ4v) is 1.23. The molecule has 0 radical (unpaired) electrons. The zero-order valence-corrected chi connectivity index (χ0v) is 9.88. The number of nitrogens with zero attached hydrogens (tertiary/aromatic N) is 2. The molecule has 0 aromatic heterocycles. The van der Waals surface area contributed by atoms with Crippen molar-refractivity contribution in [2.75, 3.05) is 20.1 Å². The van der Waals surface area contributed by atoms with Crippen molar-refractivity contribution in [3.8, 4) is 6.07 Å². The Morgan fingerprint density at radius 2 is 2.14 bits per heavy atom. The first-order valence-electron chi connectivity index (χ1n) is 5.30. The minimum absolute atomic E-state index is 0.677. The maximum Gasteiger partial charge on any atom is 0.102 e. The van der Waals surface area contributed by atoms with Crippen LogP contribution in [0.5, 0.6) is 0 Å². The van der Waals surface area contributed by atoms with Crippen LogP contribution >= 0.6 is 0 Å². The second-order valence-corrected chi connectivity index (χ2v) is 4.55. The number of nitrogens with two attached hydrogens (primary N) is 1. The molecular formula is C11H23N3. The van der Waals surface area contributed by atoms with E-state index in [1.165, 1.54) is 6.42 Å². The third kappa shape index (κ3) is 5.95. The molecule has 0 aliphatic heterocycles. The zero-order chi connectivity index (χ0) is 11.2. The van der Waals surface area contributed by atoms with Crippen LogP contribution in [0.4, 0.5) is 0 Å². The van der Waals surface area contributed by atoms with E-state index in [4.69, 9.17) is 11.0 Å². The van der Waals surface area contributed by atoms with Gasteiger partial charge in [-0.3, -0.25) is 0 Å². The molecular weight excluding hydrogens is 174 g/mol. The lowest BCUT2D eigenvalue weighted by molar-refractivity contribution is 0.265. The topological polar surface area (TPSA) is 53.0 Å². The first-order valence-corrected chi connectivity index (χ1v) is 5.30. The van der Waals surface area contributed by atoms with Gasteiger partial charge in [-0.05, 0) is 26.3 Å². The predicted molar refractivity (Wildman–Crippen MR) is 59.8 cm³/mol. The van der Waals surface area contributed by atoms with E-state index in [9.17, 15) is 0 Å². The van der Waals surface area contributed by atoms with Gasteiger partial charge in [-0.1, -0.05) is 20.3 Å². The molecule has 0 rings (SSSR count). The number of hydrogen-bond acceptors (Lipinski definition) is 3. The van der Waals surface area contributed by atoms with Crippen LogP contribution in [0, 0.1) is 17.2 Å². The van der Waals surface area contributed by atoms with E-state index in [0.717, 1.165) is 19.5 Å². The molecule has 0 heterocycles. The molecule has 0 aliphatic rings. The Balaban J connectivity index is 3.75. The average molecular weight is 197 g/mol. The smallest absolute Gasteiger partial charge is 0.102 e. The second kappa shape index (κ2) is 6.00. The first-order chi connectivity index (χ1) is 6.41. The largest absolute Gasteiger partial charge is 0.314 e. The lowest BCUT2D eigenvalue weighted by Gasteiger charge is -2.23. The van der Waals surface area contributed by atoms with Gasteiger partial charge in [0.15, 0.2) is 0 Å². The summed E-state index contributed by atoms with van der Waals surface area (Å²) in [6.07, 6.45) is 1.93. The molecule has 3 heteroatoms. The molecule has 14 heavy (non-hydrogen) atoms. The van der Waals surface area contributed by atoms with Crippen molar-refractivity contribution in [1.29, 1.82) is 5.26 Å². The van der Waals surface area contributed by atoms with Crippen LogP contribution in [0.25, 0.3) is 0 Å². The van der Waals surface area contributed by atoms with Gasteiger partial charge in [0.2, 0.25) is 0 Å². The van der Waals surface area contributed by atoms with Gasteiger partial charge in [-0.15, -0.1) is 0 Å². The van der Waals surface area contributed by atoms with Gasteiger partial charge in [0.1, 0.15) is 5.54 Å². The number of hydrogen-bond donors (Lipinski definition) is 1. The van der Waals surface area contributed by atoms with Crippen molar-refractivity contribution in [2.45, 2.75) is 39.2 Å². The summed E-state index contributed by atoms with van der Waals surface area (Å²) in [6, 6.07) is 2.12. The first kappa shape index (κ1) is 13.4. The monoisotopic (exact) mass is 197 g/mol. The Hall–Kier alpha value is -0.590. The summed E-state index contributed by atoms with van der Waals surface area (Å²) >= 11 is 0. The van der Waals surface area contributed by atoms with Crippen molar-refractivity contribution < 1.29 is 0 Å². The SMILES string of the molecule is CCC(C)CN(C)CCC(C)(N)C#N. The average Bonchev–Trinajstić information content (AvgIpc) is 2.15. The van der Waals surface area contributed by atoms with Crippen molar-refractivity contribution >= 4 is 0 Å². The fourth-order valence-electron chi connectivity index (χ4n) is 1.23. The van der Waals surface area contributed by atoms with E-state index in [1.807, 2.05) is 0 Å². The van der Waals surface area contributed by atoms with E-state index in [1.54, 1.807) is 6.92 Å². The van der Waals surface area contributed by atoms with Crippen LogP contribution < -0.4 is 5.73 Å². The van der Waals surface area contributed by atoms with Crippen LogP contribution in [-0.2, 0) is 0 Å². The maximum absolute atomic E-state index is 8.74. The van der Waals surface area contributed by atoms with Crippen molar-refractivity contribution in [3.05, 3.63) is 0 Å². The van der Waals surface area contributed by atoms with E-state index >= 15 is 0 Å². The Labute approximate surface area is 87.9 Å². The Bertz CT molecular complexity index is 193. The van der Waals surface area contributed by atoms with Crippen LogP contribution in [0.1, 0.15) is 33.6 Å². The normalized spacial score (nSPS) is 17.5. The van der Waals surface area contributed by atoms with Gasteiger partial charge < -0.3 is 10.6 Å². The van der Waals surface area contributed by atoms with Gasteiger partial charge in [0.25, 0.3) is 0 Å². The molecule has 0 fully saturated rings. The molecule has 0 amide bonds. The fraction of sp³-hybridized carbons (Fsp3) is 0.909. The molecule has 82 valence electrons. The molecule has 3 nitrogen and oxygen atoms in total. The van der Waals surface area contributed by atoms with Crippen LogP contribution in [0.3, 0.4) is 0 Å². The molecule has 2 N–H and O–H groups in total. The molecule has 0 aromatic rings. The highest BCUT2D eigenvalue weighted by molar-refractivity contribution is 5.00. The van der Waals surface area contributed by atoms with Crippen LogP contribution in [-0.4, -0.2) is 30.6 Å². The zero-order valence-electron chi connectivity index (χ0n) is 9.88. The maximum atomic E-state index is 8.74. The highest BCUT2D eigenvalue weighted by atomic mass is 15.1. The minimum atomic E-state index is -0.677. The third-order valence-electron chi connectivity index (χ3n) is 2.59. The van der Waals surface area contributed by atoms with E-state index in [2.05, 4.69) is 31.9 Å². The Morgan fingerprint density at radius 1 is 1.57 bits per heavy atom. The summed E-state index contributed by atoms with van der Waals surface area (Å²) < 4.78 is 0. The van der Waals surface area contributed by atoms with E-state index in [-0.39, 0.29) is 0 Å². The number of rotatable bonds is 6. The summed E-state index contributed by atoms with van der Waals surface area (Å²) in [5, 5.41) is 8.74. The van der Waals surface area contributed by atoms with Gasteiger partial charge in [0, 0.05) is 13.1 Å². The lowest BCUT2D eigenvalue weighted by atomic mass is 10.0. The van der Waals surface area contributed by atoms with Crippen molar-refractivity contribution in [1.82, 2.24) is 4.90 Å². The summed E-state index contributed by atoms with van der Waals surface area (Å²) in [5.74, 6) is 0.714. The Kier molecular flexibility index (Phi) is 5.75. The molecule has 0 saturated heterocycles. The van der Waals surface area contributed by atoms with E-state index < -0.39 is 5.54 Å². The summed E-state index contributed by atoms with van der Waals surface area (Å²) in [4.78, 5) is 2.25. The van der Waals surface area contributed by atoms with Crippen molar-refractivity contribution in [2.24, 2.45) is 11.7 Å². The second-order valence-electron chi connectivity index (χ2n) is 4.55. The highest BCUT2D eigenvalue weighted by Crippen LogP contribution is 2.07. The predicted octanol–water partition coefficient (Wildman–Crippen LogP) is 1.60. The molecule has 2 atom stereocenters. The molecule has 0 aromatic carbocycles. The molecule has 2 unspecified atom stereocenters. The van der Waals surface area contributed by atoms with E-state index in [0.29, 0.717) is 5.92 Å². The molecule has 0 spiro atoms. The van der Waals surface area contributed by atoms with Crippen LogP contribution in [0.2, 0.25) is 0 Å². The standard InChI is InChI=1S/C11H23N3/c1-5-10(2)8-14(4)7-6-11(3,13)9-12/h10H,5-8,13H2,1-4H3. The van der Waals surface area contributed by atoms with Gasteiger partial charge in [-0.25, -0.2) is 0 Å². The van der Waals surface area contributed by atoms with Gasteiger partial charge in [-0.2, -0.15) is 5.26 Å². The summed E-state index contributed by atoms with van der Waals surface area (Å²) in [5.41, 5.74) is 5.06. The van der Waals surface area contributed by atoms with Crippen LogP contribution in [0.15, 0.2) is 0 Å². The highest BCUT2D eigenvalue weighted by Gasteiger charge is 2.17. The summed E-state index contributed by atoms with van der Waals surface area (Å²) in [6.45, 7) is 8.19. The quantitative estimate of drug-likeness (QED) is 0.703. The third-order valence-corrected chi connectivity index (χ3v) is 2.59. The van der Waals surface area contributed by atoms with Crippen molar-refractivity contribution in [3.63, 3.8) is 0 Å².